The molecular weight excluding hydrogens is 685 g/mol. The van der Waals surface area contributed by atoms with E-state index >= 15 is 0 Å². The fraction of sp³-hybridized carbons (Fsp3) is 0. The number of anilines is 3. The van der Waals surface area contributed by atoms with Gasteiger partial charge in [-0.2, -0.15) is 0 Å². The highest BCUT2D eigenvalue weighted by atomic mass is 16.3. The molecule has 0 bridgehead atoms. The summed E-state index contributed by atoms with van der Waals surface area (Å²) in [6, 6.07) is 69.1. The van der Waals surface area contributed by atoms with Gasteiger partial charge in [0.1, 0.15) is 22.3 Å². The molecule has 0 N–H and O–H groups in total. The van der Waals surface area contributed by atoms with E-state index in [0.29, 0.717) is 0 Å². The third-order valence-electron chi connectivity index (χ3n) is 11.4. The zero-order valence-corrected chi connectivity index (χ0v) is 30.2. The minimum Gasteiger partial charge on any atom is -0.456 e. The van der Waals surface area contributed by atoms with Gasteiger partial charge < -0.3 is 18.3 Å². The second-order valence-electron chi connectivity index (χ2n) is 14.5. The van der Waals surface area contributed by atoms with Gasteiger partial charge in [-0.25, -0.2) is 0 Å². The number of benzene rings is 9. The van der Waals surface area contributed by atoms with E-state index in [0.717, 1.165) is 83.1 Å². The van der Waals surface area contributed by atoms with E-state index < -0.39 is 0 Å². The average Bonchev–Trinajstić information content (AvgIpc) is 3.94. The first-order valence-electron chi connectivity index (χ1n) is 19.0. The van der Waals surface area contributed by atoms with Gasteiger partial charge in [-0.3, -0.25) is 0 Å². The highest BCUT2D eigenvalue weighted by Crippen LogP contribution is 2.45. The molecule has 0 radical (unpaired) electrons. The molecule has 0 saturated heterocycles. The van der Waals surface area contributed by atoms with Crippen LogP contribution in [0.25, 0.3) is 93.3 Å². The summed E-state index contributed by atoms with van der Waals surface area (Å²) in [5, 5.41) is 9.20. The van der Waals surface area contributed by atoms with Gasteiger partial charge in [0.15, 0.2) is 0 Å². The van der Waals surface area contributed by atoms with Crippen molar-refractivity contribution in [2.75, 3.05) is 4.90 Å². The van der Waals surface area contributed by atoms with Crippen LogP contribution in [0.4, 0.5) is 17.1 Å². The smallest absolute Gasteiger partial charge is 0.143 e. The Balaban J connectivity index is 1.06. The molecule has 0 unspecified atom stereocenters. The van der Waals surface area contributed by atoms with E-state index in [-0.39, 0.29) is 0 Å². The van der Waals surface area contributed by atoms with Gasteiger partial charge in [0, 0.05) is 60.3 Å². The largest absolute Gasteiger partial charge is 0.456 e. The first-order chi connectivity index (χ1) is 27.8. The van der Waals surface area contributed by atoms with E-state index in [1.54, 1.807) is 0 Å². The molecule has 0 fully saturated rings. The molecule has 0 aliphatic heterocycles. The van der Waals surface area contributed by atoms with Crippen LogP contribution in [0.5, 0.6) is 0 Å². The lowest BCUT2D eigenvalue weighted by Gasteiger charge is -2.28. The highest BCUT2D eigenvalue weighted by Gasteiger charge is 2.21. The Labute approximate surface area is 321 Å². The monoisotopic (exact) mass is 716 g/mol. The quantitative estimate of drug-likeness (QED) is 0.178. The molecule has 4 nitrogen and oxygen atoms in total. The predicted octanol–water partition coefficient (Wildman–Crippen LogP) is 14.9. The number of aromatic nitrogens is 1. The Kier molecular flexibility index (Phi) is 6.60. The van der Waals surface area contributed by atoms with E-state index in [1.165, 1.54) is 27.2 Å². The second-order valence-corrected chi connectivity index (χ2v) is 14.5. The van der Waals surface area contributed by atoms with Gasteiger partial charge in [0.2, 0.25) is 0 Å². The maximum atomic E-state index is 6.52. The standard InChI is InChI=1S/C52H32N2O2/c1-2-13-39-33(11-1)21-28-43-44-31-34(22-29-51(44)56-52(39)43)38-12-3-7-17-46(38)53(37-27-30-50-45(32-37)42-16-6-10-20-49(42)55-50)35-23-25-36(26-24-35)54-47-18-8-4-14-40(47)41-15-5-9-19-48(41)54/h1-32H. The molecule has 12 aromatic rings. The van der Waals surface area contributed by atoms with Crippen molar-refractivity contribution in [1.29, 1.82) is 0 Å². The van der Waals surface area contributed by atoms with Crippen molar-refractivity contribution >= 4 is 93.5 Å². The fourth-order valence-corrected chi connectivity index (χ4v) is 8.82. The number of fused-ring (bicyclic) bond motifs is 11. The second kappa shape index (κ2) is 12.0. The molecule has 262 valence electrons. The summed E-state index contributed by atoms with van der Waals surface area (Å²) in [5.41, 5.74) is 12.5. The molecule has 0 spiro atoms. The molecular formula is C52H32N2O2. The predicted molar refractivity (Wildman–Crippen MR) is 233 cm³/mol. The molecule has 0 amide bonds. The van der Waals surface area contributed by atoms with E-state index in [4.69, 9.17) is 8.83 Å². The normalized spacial score (nSPS) is 11.9. The zero-order chi connectivity index (χ0) is 36.7. The third-order valence-corrected chi connectivity index (χ3v) is 11.4. The van der Waals surface area contributed by atoms with Crippen LogP contribution in [-0.2, 0) is 0 Å². The summed E-state index contributed by atoms with van der Waals surface area (Å²) < 4.78 is 15.2. The summed E-state index contributed by atoms with van der Waals surface area (Å²) in [6.07, 6.45) is 0. The Morgan fingerprint density at radius 3 is 1.80 bits per heavy atom. The minimum atomic E-state index is 0.870. The Morgan fingerprint density at radius 2 is 0.982 bits per heavy atom. The van der Waals surface area contributed by atoms with Crippen molar-refractivity contribution in [2.24, 2.45) is 0 Å². The van der Waals surface area contributed by atoms with Gasteiger partial charge in [-0.1, -0.05) is 109 Å². The lowest BCUT2D eigenvalue weighted by molar-refractivity contribution is 0.669. The number of para-hydroxylation sites is 4. The number of nitrogens with zero attached hydrogens (tertiary/aromatic N) is 2. The van der Waals surface area contributed by atoms with E-state index in [9.17, 15) is 0 Å². The van der Waals surface area contributed by atoms with Gasteiger partial charge in [-0.15, -0.1) is 0 Å². The van der Waals surface area contributed by atoms with Crippen molar-refractivity contribution in [3.63, 3.8) is 0 Å². The van der Waals surface area contributed by atoms with Crippen LogP contribution in [0.1, 0.15) is 0 Å². The molecule has 9 aromatic carbocycles. The van der Waals surface area contributed by atoms with Crippen molar-refractivity contribution in [3.8, 4) is 16.8 Å². The fourth-order valence-electron chi connectivity index (χ4n) is 8.82. The van der Waals surface area contributed by atoms with Crippen LogP contribution in [-0.4, -0.2) is 4.57 Å². The van der Waals surface area contributed by atoms with Gasteiger partial charge in [0.25, 0.3) is 0 Å². The SMILES string of the molecule is c1ccc(N(c2ccc(-n3c4ccccc4c4ccccc43)cc2)c2ccc3oc4ccccc4c3c2)c(-c2ccc3oc4c5ccccc5ccc4c3c2)c1. The van der Waals surface area contributed by atoms with Crippen LogP contribution in [0.15, 0.2) is 203 Å². The summed E-state index contributed by atoms with van der Waals surface area (Å²) in [4.78, 5) is 2.37. The Bertz CT molecular complexity index is 3440. The Hall–Kier alpha value is -7.56. The molecule has 12 rings (SSSR count). The third kappa shape index (κ3) is 4.60. The number of hydrogen-bond donors (Lipinski definition) is 0. The van der Waals surface area contributed by atoms with Gasteiger partial charge in [-0.05, 0) is 95.9 Å². The van der Waals surface area contributed by atoms with Crippen LogP contribution in [0.2, 0.25) is 0 Å². The topological polar surface area (TPSA) is 34.5 Å². The summed E-state index contributed by atoms with van der Waals surface area (Å²) >= 11 is 0. The first-order valence-corrected chi connectivity index (χ1v) is 19.0. The molecule has 56 heavy (non-hydrogen) atoms. The lowest BCUT2D eigenvalue weighted by Crippen LogP contribution is -2.11. The molecule has 0 aliphatic rings. The summed E-state index contributed by atoms with van der Waals surface area (Å²) in [6.45, 7) is 0. The highest BCUT2D eigenvalue weighted by molar-refractivity contribution is 6.16. The molecule has 0 atom stereocenters. The van der Waals surface area contributed by atoms with E-state index in [2.05, 4.69) is 191 Å². The van der Waals surface area contributed by atoms with E-state index in [1.807, 2.05) is 12.1 Å². The number of rotatable bonds is 5. The molecule has 3 heterocycles. The van der Waals surface area contributed by atoms with Crippen molar-refractivity contribution < 1.29 is 8.83 Å². The van der Waals surface area contributed by atoms with Gasteiger partial charge in [0.05, 0.1) is 16.7 Å². The summed E-state index contributed by atoms with van der Waals surface area (Å²) in [7, 11) is 0. The lowest BCUT2D eigenvalue weighted by atomic mass is 9.99. The summed E-state index contributed by atoms with van der Waals surface area (Å²) in [5.74, 6) is 0. The number of furan rings is 2. The van der Waals surface area contributed by atoms with Crippen LogP contribution >= 0.6 is 0 Å². The molecule has 4 heteroatoms. The van der Waals surface area contributed by atoms with Crippen molar-refractivity contribution in [3.05, 3.63) is 194 Å². The maximum absolute atomic E-state index is 6.52. The van der Waals surface area contributed by atoms with Crippen LogP contribution < -0.4 is 4.90 Å². The molecule has 0 saturated carbocycles. The minimum absolute atomic E-state index is 0.870. The Morgan fingerprint density at radius 1 is 0.375 bits per heavy atom. The average molecular weight is 717 g/mol. The number of hydrogen-bond acceptors (Lipinski definition) is 3. The van der Waals surface area contributed by atoms with Crippen molar-refractivity contribution in [1.82, 2.24) is 4.57 Å². The van der Waals surface area contributed by atoms with Crippen LogP contribution in [0, 0.1) is 0 Å². The van der Waals surface area contributed by atoms with Gasteiger partial charge >= 0.3 is 0 Å². The molecule has 3 aromatic heterocycles. The first kappa shape index (κ1) is 30.9. The van der Waals surface area contributed by atoms with Crippen LogP contribution in [0.3, 0.4) is 0 Å². The maximum Gasteiger partial charge on any atom is 0.143 e. The van der Waals surface area contributed by atoms with Crippen molar-refractivity contribution in [2.45, 2.75) is 0 Å². The molecule has 0 aliphatic carbocycles. The zero-order valence-electron chi connectivity index (χ0n) is 30.2.